The lowest BCUT2D eigenvalue weighted by Crippen LogP contribution is -2.02. The lowest BCUT2D eigenvalue weighted by Gasteiger charge is -2.09. The normalized spacial score (nSPS) is 50.8. The fourth-order valence-corrected chi connectivity index (χ4v) is 1.79. The monoisotopic (exact) mass is 108 g/mol. The van der Waals surface area contributed by atoms with Crippen LogP contribution >= 0.6 is 0 Å². The molecule has 0 heteroatoms. The summed E-state index contributed by atoms with van der Waals surface area (Å²) < 4.78 is 0. The minimum absolute atomic E-state index is 0.949. The lowest BCUT2D eigenvalue weighted by atomic mass is 9.96. The van der Waals surface area contributed by atoms with E-state index in [0.29, 0.717) is 0 Å². The summed E-state index contributed by atoms with van der Waals surface area (Å²) >= 11 is 0. The van der Waals surface area contributed by atoms with Crippen molar-refractivity contribution in [3.05, 3.63) is 11.6 Å². The Morgan fingerprint density at radius 2 is 2.25 bits per heavy atom. The zero-order valence-electron chi connectivity index (χ0n) is 5.52. The molecule has 0 aromatic heterocycles. The maximum absolute atomic E-state index is 2.42. The zero-order valence-corrected chi connectivity index (χ0v) is 5.52. The predicted octanol–water partition coefficient (Wildman–Crippen LogP) is 2.22. The van der Waals surface area contributed by atoms with E-state index in [1.807, 2.05) is 0 Å². The van der Waals surface area contributed by atoms with Gasteiger partial charge < -0.3 is 0 Å². The van der Waals surface area contributed by atoms with Gasteiger partial charge in [-0.2, -0.15) is 0 Å². The molecule has 0 amide bonds. The van der Waals surface area contributed by atoms with Crippen molar-refractivity contribution in [3.63, 3.8) is 0 Å². The quantitative estimate of drug-likeness (QED) is 0.417. The Morgan fingerprint density at radius 1 is 1.50 bits per heavy atom. The van der Waals surface area contributed by atoms with Crippen LogP contribution in [-0.2, 0) is 0 Å². The van der Waals surface area contributed by atoms with Crippen LogP contribution in [0.1, 0.15) is 20.3 Å². The summed E-state index contributed by atoms with van der Waals surface area (Å²) in [6, 6.07) is 0. The second kappa shape index (κ2) is 1.18. The van der Waals surface area contributed by atoms with Crippen LogP contribution in [0.4, 0.5) is 0 Å². The number of hydrogen-bond donors (Lipinski definition) is 0. The van der Waals surface area contributed by atoms with E-state index < -0.39 is 0 Å². The van der Waals surface area contributed by atoms with Gasteiger partial charge in [-0.05, 0) is 18.3 Å². The molecule has 2 aliphatic carbocycles. The predicted molar refractivity (Wildman–Crippen MR) is 34.5 cm³/mol. The molecule has 44 valence electrons. The van der Waals surface area contributed by atoms with Gasteiger partial charge in [0, 0.05) is 5.92 Å². The van der Waals surface area contributed by atoms with Gasteiger partial charge in [-0.15, -0.1) is 0 Å². The Kier molecular flexibility index (Phi) is 0.677. The summed E-state index contributed by atoms with van der Waals surface area (Å²) in [6.07, 6.45) is 3.82. The van der Waals surface area contributed by atoms with E-state index in [4.69, 9.17) is 0 Å². The molecule has 0 N–H and O–H groups in total. The highest BCUT2D eigenvalue weighted by atomic mass is 14.4. The lowest BCUT2D eigenvalue weighted by molar-refractivity contribution is 0.418. The maximum atomic E-state index is 2.42. The van der Waals surface area contributed by atoms with Crippen LogP contribution in [0.2, 0.25) is 0 Å². The molecule has 2 unspecified atom stereocenters. The molecule has 8 heavy (non-hydrogen) atoms. The third-order valence-corrected chi connectivity index (χ3v) is 2.73. The minimum Gasteiger partial charge on any atom is -0.0772 e. The maximum Gasteiger partial charge on any atom is 0.000825 e. The highest BCUT2D eigenvalue weighted by Gasteiger charge is 2.40. The van der Waals surface area contributed by atoms with Gasteiger partial charge in [0.1, 0.15) is 0 Å². The summed E-state index contributed by atoms with van der Waals surface area (Å²) in [6.45, 7) is 4.73. The minimum atomic E-state index is 0.949. The molecule has 0 heterocycles. The van der Waals surface area contributed by atoms with Gasteiger partial charge in [-0.25, -0.2) is 0 Å². The molecule has 1 fully saturated rings. The van der Waals surface area contributed by atoms with Crippen molar-refractivity contribution in [1.29, 1.82) is 0 Å². The van der Waals surface area contributed by atoms with Gasteiger partial charge in [0.2, 0.25) is 0 Å². The van der Waals surface area contributed by atoms with Crippen molar-refractivity contribution in [1.82, 2.24) is 0 Å². The molecule has 0 aliphatic heterocycles. The third-order valence-electron chi connectivity index (χ3n) is 2.73. The van der Waals surface area contributed by atoms with E-state index in [-0.39, 0.29) is 0 Å². The van der Waals surface area contributed by atoms with Crippen LogP contribution < -0.4 is 0 Å². The number of hydrogen-bond acceptors (Lipinski definition) is 0. The van der Waals surface area contributed by atoms with Gasteiger partial charge in [0.05, 0.1) is 0 Å². The van der Waals surface area contributed by atoms with Crippen molar-refractivity contribution in [3.8, 4) is 0 Å². The van der Waals surface area contributed by atoms with E-state index in [1.165, 1.54) is 6.42 Å². The second-order valence-electron chi connectivity index (χ2n) is 3.31. The molecule has 2 rings (SSSR count). The van der Waals surface area contributed by atoms with Crippen LogP contribution in [0, 0.1) is 17.8 Å². The van der Waals surface area contributed by atoms with Crippen LogP contribution in [0.25, 0.3) is 0 Å². The van der Waals surface area contributed by atoms with Crippen LogP contribution in [0.3, 0.4) is 0 Å². The Hall–Kier alpha value is -0.260. The summed E-state index contributed by atoms with van der Waals surface area (Å²) in [7, 11) is 0. The van der Waals surface area contributed by atoms with E-state index in [1.54, 1.807) is 5.57 Å². The van der Waals surface area contributed by atoms with Crippen LogP contribution in [-0.4, -0.2) is 0 Å². The largest absolute Gasteiger partial charge is 0.0772 e. The molecule has 2 aliphatic rings. The van der Waals surface area contributed by atoms with Crippen molar-refractivity contribution >= 4 is 0 Å². The summed E-state index contributed by atoms with van der Waals surface area (Å²) in [4.78, 5) is 0. The van der Waals surface area contributed by atoms with Gasteiger partial charge in [0.25, 0.3) is 0 Å². The molecular formula is C8H12. The Bertz CT molecular complexity index is 144. The van der Waals surface area contributed by atoms with Gasteiger partial charge in [-0.1, -0.05) is 25.5 Å². The van der Waals surface area contributed by atoms with E-state index in [0.717, 1.165) is 17.8 Å². The van der Waals surface area contributed by atoms with Gasteiger partial charge in [-0.3, -0.25) is 0 Å². The summed E-state index contributed by atoms with van der Waals surface area (Å²) in [5.41, 5.74) is 1.74. The molecule has 0 spiro atoms. The van der Waals surface area contributed by atoms with Crippen molar-refractivity contribution in [2.45, 2.75) is 20.3 Å². The molecule has 3 atom stereocenters. The highest BCUT2D eigenvalue weighted by molar-refractivity contribution is 5.34. The molecule has 0 saturated heterocycles. The van der Waals surface area contributed by atoms with Crippen molar-refractivity contribution < 1.29 is 0 Å². The van der Waals surface area contributed by atoms with Crippen LogP contribution in [0.15, 0.2) is 11.6 Å². The molecule has 1 saturated carbocycles. The summed E-state index contributed by atoms with van der Waals surface area (Å²) in [5.74, 6) is 2.88. The Morgan fingerprint density at radius 3 is 2.50 bits per heavy atom. The Balaban J connectivity index is 2.15. The number of rotatable bonds is 0. The first-order valence-corrected chi connectivity index (χ1v) is 3.49. The first-order chi connectivity index (χ1) is 3.79. The van der Waals surface area contributed by atoms with Gasteiger partial charge in [0.15, 0.2) is 0 Å². The summed E-state index contributed by atoms with van der Waals surface area (Å²) in [5, 5.41) is 0. The molecule has 0 aromatic rings. The molecular weight excluding hydrogens is 96.1 g/mol. The van der Waals surface area contributed by atoms with E-state index in [2.05, 4.69) is 19.9 Å². The van der Waals surface area contributed by atoms with Gasteiger partial charge >= 0.3 is 0 Å². The average molecular weight is 108 g/mol. The van der Waals surface area contributed by atoms with Crippen molar-refractivity contribution in [2.24, 2.45) is 17.8 Å². The standard InChI is InChI=1S/C8H12/c1-5-3-7-4-8(7)6(5)2/h4-6,8H,3H2,1-2H3/t5-,6?,8?/m1/s1. The topological polar surface area (TPSA) is 0 Å². The van der Waals surface area contributed by atoms with Crippen molar-refractivity contribution in [2.75, 3.05) is 0 Å². The van der Waals surface area contributed by atoms with E-state index in [9.17, 15) is 0 Å². The zero-order chi connectivity index (χ0) is 5.72. The SMILES string of the molecule is CC1C2C=C2C[C@H]1C. The highest BCUT2D eigenvalue weighted by Crippen LogP contribution is 2.51. The first kappa shape index (κ1) is 4.60. The number of fused-ring (bicyclic) bond motifs is 1. The number of allylic oxidation sites excluding steroid dienone is 2. The smallest absolute Gasteiger partial charge is 0.000825 e. The molecule has 0 nitrogen and oxygen atoms in total. The third kappa shape index (κ3) is 0.410. The molecule has 0 aromatic carbocycles. The first-order valence-electron chi connectivity index (χ1n) is 3.49. The fourth-order valence-electron chi connectivity index (χ4n) is 1.79. The average Bonchev–Trinajstić information content (AvgIpc) is 2.39. The van der Waals surface area contributed by atoms with Crippen LogP contribution in [0.5, 0.6) is 0 Å². The fraction of sp³-hybridized carbons (Fsp3) is 0.750. The molecule has 0 radical (unpaired) electrons. The van der Waals surface area contributed by atoms with E-state index >= 15 is 0 Å². The Labute approximate surface area is 50.6 Å². The molecule has 0 bridgehead atoms. The second-order valence-corrected chi connectivity index (χ2v) is 3.31.